The highest BCUT2D eigenvalue weighted by molar-refractivity contribution is 7.89. The first-order chi connectivity index (χ1) is 17.5. The Balaban J connectivity index is 0.000000152. The minimum atomic E-state index is -3.39. The van der Waals surface area contributed by atoms with Crippen molar-refractivity contribution in [2.75, 3.05) is 13.1 Å². The first-order valence-electron chi connectivity index (χ1n) is 13.3. The molecule has 10 heteroatoms. The van der Waals surface area contributed by atoms with Gasteiger partial charge in [0.25, 0.3) is 0 Å². The van der Waals surface area contributed by atoms with Crippen LogP contribution in [0.25, 0.3) is 0 Å². The predicted octanol–water partition coefficient (Wildman–Crippen LogP) is 4.38. The van der Waals surface area contributed by atoms with Gasteiger partial charge in [-0.1, -0.05) is 12.8 Å². The molecule has 2 aromatic rings. The van der Waals surface area contributed by atoms with Crippen LogP contribution in [0.3, 0.4) is 0 Å². The lowest BCUT2D eigenvalue weighted by atomic mass is 9.68. The van der Waals surface area contributed by atoms with Crippen LogP contribution in [0.4, 0.5) is 0 Å². The van der Waals surface area contributed by atoms with Gasteiger partial charge >= 0.3 is 0 Å². The van der Waals surface area contributed by atoms with E-state index in [9.17, 15) is 16.8 Å². The number of rotatable bonds is 4. The Kier molecular flexibility index (Phi) is 7.00. The second kappa shape index (κ2) is 9.70. The van der Waals surface area contributed by atoms with Crippen LogP contribution in [0.1, 0.15) is 70.8 Å². The molecule has 37 heavy (non-hydrogen) atoms. The molecule has 0 aromatic carbocycles. The quantitative estimate of drug-likeness (QED) is 0.564. The third-order valence-electron chi connectivity index (χ3n) is 9.07. The average molecular weight is 547 g/mol. The highest BCUT2D eigenvalue weighted by Gasteiger charge is 2.51. The monoisotopic (exact) mass is 546 g/mol. The van der Waals surface area contributed by atoms with Crippen LogP contribution >= 0.6 is 0 Å². The fraction of sp³-hybridized carbons (Fsp3) is 0.630. The summed E-state index contributed by atoms with van der Waals surface area (Å²) >= 11 is 0. The number of hydrogen-bond acceptors (Lipinski definition) is 6. The van der Waals surface area contributed by atoms with Crippen LogP contribution in [0, 0.1) is 17.8 Å². The zero-order valence-corrected chi connectivity index (χ0v) is 23.6. The zero-order valence-electron chi connectivity index (χ0n) is 22.0. The highest BCUT2D eigenvalue weighted by atomic mass is 32.2. The predicted molar refractivity (Wildman–Crippen MR) is 142 cm³/mol. The van der Waals surface area contributed by atoms with Gasteiger partial charge in [0.1, 0.15) is 9.79 Å². The maximum Gasteiger partial charge on any atom is 0.245 e. The molecular formula is C27H38N4O4S2. The van der Waals surface area contributed by atoms with Crippen molar-refractivity contribution in [2.24, 2.45) is 10.8 Å². The van der Waals surface area contributed by atoms with Gasteiger partial charge in [0.05, 0.1) is 0 Å². The second-order valence-corrected chi connectivity index (χ2v) is 15.5. The van der Waals surface area contributed by atoms with Crippen molar-refractivity contribution in [2.45, 2.75) is 94.0 Å². The molecule has 4 aliphatic rings. The smallest absolute Gasteiger partial charge is 0.245 e. The molecule has 2 saturated carbocycles. The third kappa shape index (κ3) is 4.86. The number of aryl methyl sites for hydroxylation is 1. The largest absolute Gasteiger partial charge is 0.263 e. The van der Waals surface area contributed by atoms with Crippen molar-refractivity contribution >= 4 is 20.0 Å². The van der Waals surface area contributed by atoms with E-state index >= 15 is 0 Å². The van der Waals surface area contributed by atoms with E-state index in [1.165, 1.54) is 50.9 Å². The summed E-state index contributed by atoms with van der Waals surface area (Å²) in [6, 6.07) is 5.26. The fourth-order valence-corrected chi connectivity index (χ4v) is 10.4. The lowest BCUT2D eigenvalue weighted by Crippen LogP contribution is -2.37. The third-order valence-corrected chi connectivity index (χ3v) is 13.1. The highest BCUT2D eigenvalue weighted by Crippen LogP contribution is 2.52. The Hall–Kier alpha value is -1.88. The van der Waals surface area contributed by atoms with Gasteiger partial charge in [-0.15, -0.1) is 0 Å². The van der Waals surface area contributed by atoms with E-state index < -0.39 is 20.0 Å². The summed E-state index contributed by atoms with van der Waals surface area (Å²) in [7, 11) is -6.76. The van der Waals surface area contributed by atoms with Gasteiger partial charge < -0.3 is 0 Å². The molecule has 2 unspecified atom stereocenters. The molecule has 2 aliphatic heterocycles. The van der Waals surface area contributed by atoms with E-state index in [1.54, 1.807) is 39.2 Å². The SMILES string of the molecule is CC1CC2(CCC2)CN1S(=O)(=O)c1cccnc1.Cc1ccncc1S(=O)(=O)N1CC2(CCC2)CC1C. The van der Waals surface area contributed by atoms with E-state index in [1.807, 2.05) is 20.8 Å². The zero-order chi connectivity index (χ0) is 26.5. The molecule has 0 N–H and O–H groups in total. The lowest BCUT2D eigenvalue weighted by Gasteiger charge is -2.38. The molecule has 202 valence electrons. The summed E-state index contributed by atoms with van der Waals surface area (Å²) in [5.41, 5.74) is 1.31. The first-order valence-corrected chi connectivity index (χ1v) is 16.2. The molecule has 0 bridgehead atoms. The maximum atomic E-state index is 12.8. The van der Waals surface area contributed by atoms with Gasteiger partial charge in [0, 0.05) is 50.0 Å². The standard InChI is InChI=1S/C14H20N2O2S.C13H18N2O2S/c1-11-4-7-15-9-13(11)19(17,18)16-10-14(5-3-6-14)8-12(16)2;1-11-8-13(5-3-6-13)10-15(11)18(16,17)12-4-2-7-14-9-12/h4,7,9,12H,3,5-6,8,10H2,1-2H3;2,4,7,9,11H,3,5-6,8,10H2,1H3. The first kappa shape index (κ1) is 26.7. The van der Waals surface area contributed by atoms with Gasteiger partial charge in [-0.2, -0.15) is 8.61 Å². The Bertz CT molecular complexity index is 1340. The number of nitrogens with zero attached hydrogens (tertiary/aromatic N) is 4. The Labute approximate surface area is 221 Å². The summed E-state index contributed by atoms with van der Waals surface area (Å²) in [5.74, 6) is 0. The van der Waals surface area contributed by atoms with Crippen LogP contribution in [0.2, 0.25) is 0 Å². The van der Waals surface area contributed by atoms with Crippen LogP contribution in [-0.2, 0) is 20.0 Å². The minimum absolute atomic E-state index is 0.102. The van der Waals surface area contributed by atoms with Gasteiger partial charge in [-0.3, -0.25) is 9.97 Å². The van der Waals surface area contributed by atoms with E-state index in [2.05, 4.69) is 9.97 Å². The average Bonchev–Trinajstić information content (AvgIpc) is 3.39. The van der Waals surface area contributed by atoms with Crippen LogP contribution < -0.4 is 0 Å². The van der Waals surface area contributed by atoms with Crippen molar-refractivity contribution in [1.29, 1.82) is 0 Å². The van der Waals surface area contributed by atoms with Crippen molar-refractivity contribution in [3.63, 3.8) is 0 Å². The molecular weight excluding hydrogens is 508 g/mol. The second-order valence-electron chi connectivity index (χ2n) is 11.7. The summed E-state index contributed by atoms with van der Waals surface area (Å²) < 4.78 is 54.0. The molecule has 4 fully saturated rings. The van der Waals surface area contributed by atoms with Crippen molar-refractivity contribution in [1.82, 2.24) is 18.6 Å². The number of pyridine rings is 2. The van der Waals surface area contributed by atoms with Gasteiger partial charge in [-0.25, -0.2) is 16.8 Å². The lowest BCUT2D eigenvalue weighted by molar-refractivity contribution is 0.152. The Morgan fingerprint density at radius 1 is 0.784 bits per heavy atom. The van der Waals surface area contributed by atoms with E-state index in [4.69, 9.17) is 0 Å². The van der Waals surface area contributed by atoms with Crippen molar-refractivity contribution < 1.29 is 16.8 Å². The number of aromatic nitrogens is 2. The van der Waals surface area contributed by atoms with Crippen LogP contribution in [0.5, 0.6) is 0 Å². The fourth-order valence-electron chi connectivity index (χ4n) is 6.76. The van der Waals surface area contributed by atoms with E-state index in [-0.39, 0.29) is 22.9 Å². The molecule has 6 rings (SSSR count). The summed E-state index contributed by atoms with van der Waals surface area (Å²) in [6.45, 7) is 7.24. The van der Waals surface area contributed by atoms with Gasteiger partial charge in [-0.05, 0) is 93.9 Å². The molecule has 8 nitrogen and oxygen atoms in total. The molecule has 2 saturated heterocycles. The number of hydrogen-bond donors (Lipinski definition) is 0. The van der Waals surface area contributed by atoms with E-state index in [0.717, 1.165) is 18.4 Å². The molecule has 2 spiro atoms. The Morgan fingerprint density at radius 2 is 1.32 bits per heavy atom. The van der Waals surface area contributed by atoms with Crippen LogP contribution in [0.15, 0.2) is 52.8 Å². The molecule has 4 heterocycles. The molecule has 0 amide bonds. The summed E-state index contributed by atoms with van der Waals surface area (Å²) in [6.07, 6.45) is 15.3. The topological polar surface area (TPSA) is 101 Å². The summed E-state index contributed by atoms with van der Waals surface area (Å²) in [4.78, 5) is 8.56. The Morgan fingerprint density at radius 3 is 1.76 bits per heavy atom. The van der Waals surface area contributed by atoms with Gasteiger partial charge in [0.15, 0.2) is 0 Å². The molecule has 0 radical (unpaired) electrons. The van der Waals surface area contributed by atoms with Crippen molar-refractivity contribution in [3.8, 4) is 0 Å². The normalized spacial score (nSPS) is 26.9. The summed E-state index contributed by atoms with van der Waals surface area (Å²) in [5, 5.41) is 0. The molecule has 2 aliphatic carbocycles. The van der Waals surface area contributed by atoms with Crippen molar-refractivity contribution in [3.05, 3.63) is 48.5 Å². The van der Waals surface area contributed by atoms with Crippen LogP contribution in [-0.4, -0.2) is 60.6 Å². The minimum Gasteiger partial charge on any atom is -0.263 e. The van der Waals surface area contributed by atoms with E-state index in [0.29, 0.717) is 22.9 Å². The number of sulfonamides is 2. The van der Waals surface area contributed by atoms with Gasteiger partial charge in [0.2, 0.25) is 20.0 Å². The molecule has 2 aromatic heterocycles. The molecule has 2 atom stereocenters. The maximum absolute atomic E-state index is 12.8.